The molecular formula is C45H61FO9. The van der Waals surface area contributed by atoms with Crippen molar-refractivity contribution in [1.82, 2.24) is 0 Å². The molecule has 0 bridgehead atoms. The van der Waals surface area contributed by atoms with Gasteiger partial charge in [-0.25, -0.2) is 4.39 Å². The third-order valence-electron chi connectivity index (χ3n) is 17.9. The van der Waals surface area contributed by atoms with Gasteiger partial charge in [0.2, 0.25) is 0 Å². The van der Waals surface area contributed by atoms with Crippen LogP contribution in [0.4, 0.5) is 4.39 Å². The number of alkyl halides is 1. The van der Waals surface area contributed by atoms with Crippen LogP contribution >= 0.6 is 0 Å². The second kappa shape index (κ2) is 13.2. The van der Waals surface area contributed by atoms with Crippen molar-refractivity contribution >= 4 is 23.5 Å². The zero-order chi connectivity index (χ0) is 39.5. The summed E-state index contributed by atoms with van der Waals surface area (Å²) in [7, 11) is 0. The van der Waals surface area contributed by atoms with E-state index in [4.69, 9.17) is 9.47 Å². The number of ketones is 2. The lowest BCUT2D eigenvalue weighted by Crippen LogP contribution is -2.70. The Kier molecular flexibility index (Phi) is 9.37. The van der Waals surface area contributed by atoms with Gasteiger partial charge in [0.05, 0.1) is 18.9 Å². The molecule has 8 rings (SSSR count). The first kappa shape index (κ1) is 39.2. The molecule has 6 fully saturated rings. The fourth-order valence-corrected chi connectivity index (χ4v) is 14.8. The van der Waals surface area contributed by atoms with Gasteiger partial charge in [-0.05, 0) is 131 Å². The molecule has 0 aromatic heterocycles. The topological polar surface area (TPSA) is 147 Å². The molecule has 6 saturated carbocycles. The van der Waals surface area contributed by atoms with E-state index in [1.807, 2.05) is 13.0 Å². The van der Waals surface area contributed by atoms with Gasteiger partial charge >= 0.3 is 11.9 Å². The Balaban J connectivity index is 0.863. The van der Waals surface area contributed by atoms with Gasteiger partial charge in [0.25, 0.3) is 0 Å². The van der Waals surface area contributed by atoms with Crippen molar-refractivity contribution in [3.05, 3.63) is 35.5 Å². The molecule has 10 heteroatoms. The van der Waals surface area contributed by atoms with Crippen LogP contribution in [0.5, 0.6) is 0 Å². The number of esters is 2. The van der Waals surface area contributed by atoms with Crippen molar-refractivity contribution in [1.29, 1.82) is 0 Å². The summed E-state index contributed by atoms with van der Waals surface area (Å²) >= 11 is 0. The fourth-order valence-electron chi connectivity index (χ4n) is 14.8. The molecule has 0 spiro atoms. The predicted molar refractivity (Wildman–Crippen MR) is 201 cm³/mol. The summed E-state index contributed by atoms with van der Waals surface area (Å²) in [6.45, 7) is 9.50. The van der Waals surface area contributed by atoms with Gasteiger partial charge in [-0.1, -0.05) is 44.9 Å². The van der Waals surface area contributed by atoms with Gasteiger partial charge in [-0.15, -0.1) is 0 Å². The molecule has 8 aliphatic carbocycles. The van der Waals surface area contributed by atoms with Crippen LogP contribution in [0.2, 0.25) is 0 Å². The van der Waals surface area contributed by atoms with Crippen molar-refractivity contribution in [2.45, 2.75) is 154 Å². The van der Waals surface area contributed by atoms with Crippen LogP contribution in [0.25, 0.3) is 0 Å². The second-order valence-electron chi connectivity index (χ2n) is 20.0. The highest BCUT2D eigenvalue weighted by Gasteiger charge is 2.75. The lowest BCUT2D eigenvalue weighted by atomic mass is 9.44. The molecule has 0 aliphatic heterocycles. The van der Waals surface area contributed by atoms with Gasteiger partial charge in [0, 0.05) is 28.6 Å². The van der Waals surface area contributed by atoms with Crippen molar-refractivity contribution < 1.29 is 48.4 Å². The molecule has 8 aliphatic rings. The van der Waals surface area contributed by atoms with Gasteiger partial charge in [0.1, 0.15) is 24.4 Å². The van der Waals surface area contributed by atoms with E-state index in [-0.39, 0.29) is 53.7 Å². The molecule has 55 heavy (non-hydrogen) atoms. The lowest BCUT2D eigenvalue weighted by Gasteiger charge is -2.63. The third kappa shape index (κ3) is 5.45. The van der Waals surface area contributed by atoms with Crippen LogP contribution < -0.4 is 0 Å². The summed E-state index contributed by atoms with van der Waals surface area (Å²) in [6.07, 6.45) is 11.5. The van der Waals surface area contributed by atoms with Crippen LogP contribution in [-0.4, -0.2) is 75.0 Å². The maximum atomic E-state index is 17.5. The van der Waals surface area contributed by atoms with Gasteiger partial charge in [0.15, 0.2) is 17.2 Å². The molecule has 6 unspecified atom stereocenters. The zero-order valence-corrected chi connectivity index (χ0v) is 33.3. The molecule has 302 valence electrons. The van der Waals surface area contributed by atoms with Crippen LogP contribution in [-0.2, 0) is 28.7 Å². The average molecular weight is 765 g/mol. The van der Waals surface area contributed by atoms with Crippen molar-refractivity contribution in [2.24, 2.45) is 57.2 Å². The van der Waals surface area contributed by atoms with Crippen LogP contribution in [0.3, 0.4) is 0 Å². The zero-order valence-electron chi connectivity index (χ0n) is 33.3. The number of halogens is 1. The van der Waals surface area contributed by atoms with Crippen LogP contribution in [0, 0.1) is 57.2 Å². The normalized spacial score (nSPS) is 48.9. The number of carbonyl (C=O) groups excluding carboxylic acids is 4. The highest BCUT2D eigenvalue weighted by molar-refractivity contribution is 6.01. The highest BCUT2D eigenvalue weighted by atomic mass is 19.1. The van der Waals surface area contributed by atoms with Crippen molar-refractivity contribution in [2.75, 3.05) is 6.61 Å². The molecule has 0 aromatic carbocycles. The Morgan fingerprint density at radius 1 is 0.891 bits per heavy atom. The van der Waals surface area contributed by atoms with Gasteiger partial charge in [-0.3, -0.25) is 19.2 Å². The molecule has 9 nitrogen and oxygen atoms in total. The number of carbonyl (C=O) groups is 4. The molecule has 3 N–H and O–H groups in total. The fraction of sp³-hybridized carbons (Fsp3) is 0.778. The van der Waals surface area contributed by atoms with E-state index < -0.39 is 64.7 Å². The summed E-state index contributed by atoms with van der Waals surface area (Å²) in [5, 5.41) is 35.5. The first-order chi connectivity index (χ1) is 25.8. The Hall–Kier alpha value is -2.69. The summed E-state index contributed by atoms with van der Waals surface area (Å²) in [5.74, 6) is -0.993. The number of fused-ring (bicyclic) bond motifs is 10. The standard InChI is InChI=1S/C45H61FO9/c1-25-20-34-33-9-7-27-22-29(48)15-19-42(27,4)44(33,46)35(49)23-43(34,5)45(25,53)36(50)24-54-38(51)12-13-39(52)55-37-11-10-31-30-8-6-26-21-28(47)14-17-40(26,2)32(30)16-18-41(31,37)3/h15,19,21-22,25,30-37,49-50,53H,6-14,16-18,20,23-24H2,1-5H3/t25-,30?,31?,32?,33?,34?,35-,36?,37-,40-,41-,42-,43-,44-,45-/m0/s1. The second-order valence-corrected chi connectivity index (χ2v) is 20.0. The minimum atomic E-state index is -2.06. The van der Waals surface area contributed by atoms with E-state index in [0.717, 1.165) is 44.9 Å². The monoisotopic (exact) mass is 764 g/mol. The largest absolute Gasteiger partial charge is 0.463 e. The molecule has 0 aromatic rings. The number of aliphatic hydroxyl groups is 3. The van der Waals surface area contributed by atoms with E-state index in [1.54, 1.807) is 19.9 Å². The molecule has 0 heterocycles. The summed E-state index contributed by atoms with van der Waals surface area (Å²) < 4.78 is 29.1. The number of ether oxygens (including phenoxy) is 2. The first-order valence-corrected chi connectivity index (χ1v) is 21.1. The van der Waals surface area contributed by atoms with E-state index >= 15 is 4.39 Å². The maximum absolute atomic E-state index is 17.5. The number of allylic oxidation sites excluding steroid dienone is 5. The SMILES string of the molecule is C[C@H]1CC2C3CCC4=CC(=O)C=C[C@]4(C)[C@@]3(F)[C@@H](O)C[C@]2(C)[C@@]1(O)C(O)COC(=O)CCC(=O)O[C@H]1CCC2C3CCC4=CC(=O)CC[C@]4(C)C3CC[C@@]21C. The maximum Gasteiger partial charge on any atom is 0.306 e. The first-order valence-electron chi connectivity index (χ1n) is 21.1. The quantitative estimate of drug-likeness (QED) is 0.249. The van der Waals surface area contributed by atoms with Gasteiger partial charge in [-0.2, -0.15) is 0 Å². The Bertz CT molecular complexity index is 1750. The van der Waals surface area contributed by atoms with Crippen LogP contribution in [0.15, 0.2) is 35.5 Å². The minimum absolute atomic E-state index is 0.0793. The molecular weight excluding hydrogens is 703 g/mol. The Morgan fingerprint density at radius 2 is 1.62 bits per heavy atom. The van der Waals surface area contributed by atoms with Gasteiger partial charge < -0.3 is 24.8 Å². The summed E-state index contributed by atoms with van der Waals surface area (Å²) in [5.41, 5.74) is -4.10. The minimum Gasteiger partial charge on any atom is -0.463 e. The lowest BCUT2D eigenvalue weighted by molar-refractivity contribution is -0.244. The number of hydrogen-bond acceptors (Lipinski definition) is 9. The molecule has 0 radical (unpaired) electrons. The predicted octanol–water partition coefficient (Wildman–Crippen LogP) is 6.46. The van der Waals surface area contributed by atoms with E-state index in [1.165, 1.54) is 17.7 Å². The Morgan fingerprint density at radius 3 is 2.38 bits per heavy atom. The number of aliphatic hydroxyl groups excluding tert-OH is 2. The highest BCUT2D eigenvalue weighted by Crippen LogP contribution is 2.71. The van der Waals surface area contributed by atoms with E-state index in [2.05, 4.69) is 13.8 Å². The number of rotatable bonds is 7. The molecule has 0 saturated heterocycles. The summed E-state index contributed by atoms with van der Waals surface area (Å²) in [4.78, 5) is 50.5. The molecule has 15 atom stereocenters. The van der Waals surface area contributed by atoms with E-state index in [0.29, 0.717) is 49.0 Å². The van der Waals surface area contributed by atoms with Crippen molar-refractivity contribution in [3.63, 3.8) is 0 Å². The summed E-state index contributed by atoms with van der Waals surface area (Å²) in [6, 6.07) is 0. The van der Waals surface area contributed by atoms with E-state index in [9.17, 15) is 34.5 Å². The smallest absolute Gasteiger partial charge is 0.306 e. The third-order valence-corrected chi connectivity index (χ3v) is 17.9. The number of hydrogen-bond donors (Lipinski definition) is 3. The Labute approximate surface area is 324 Å². The van der Waals surface area contributed by atoms with Crippen LogP contribution in [0.1, 0.15) is 125 Å². The molecule has 0 amide bonds. The average Bonchev–Trinajstić information content (AvgIpc) is 3.57. The van der Waals surface area contributed by atoms with Crippen molar-refractivity contribution in [3.8, 4) is 0 Å².